The molecular weight excluding hydrogens is 288 g/mol. The zero-order chi connectivity index (χ0) is 12.3. The lowest BCUT2D eigenvalue weighted by atomic mass is 9.91. The van der Waals surface area contributed by atoms with Crippen LogP contribution in [0.3, 0.4) is 0 Å². The Balaban J connectivity index is 1.96. The molecule has 1 heterocycles. The van der Waals surface area contributed by atoms with Gasteiger partial charge in [0.2, 0.25) is 0 Å². The van der Waals surface area contributed by atoms with Gasteiger partial charge in [-0.1, -0.05) is 6.07 Å². The monoisotopic (exact) mass is 303 g/mol. The van der Waals surface area contributed by atoms with E-state index >= 15 is 0 Å². The summed E-state index contributed by atoms with van der Waals surface area (Å²) in [4.78, 5) is 0. The van der Waals surface area contributed by atoms with Gasteiger partial charge in [-0.3, -0.25) is 0 Å². The fourth-order valence-electron chi connectivity index (χ4n) is 2.25. The Morgan fingerprint density at radius 1 is 1.47 bits per heavy atom. The highest BCUT2D eigenvalue weighted by Crippen LogP contribution is 2.23. The van der Waals surface area contributed by atoms with Crippen LogP contribution in [-0.2, 0) is 6.42 Å². The molecule has 1 aromatic carbocycles. The number of nitrogens with one attached hydrogen (secondary N) is 1. The van der Waals surface area contributed by atoms with E-state index in [2.05, 4.69) is 21.2 Å². The molecule has 1 saturated heterocycles. The van der Waals surface area contributed by atoms with Crippen LogP contribution in [-0.4, -0.2) is 19.3 Å². The highest BCUT2D eigenvalue weighted by atomic mass is 79.9. The molecule has 0 aromatic heterocycles. The zero-order valence-electron chi connectivity index (χ0n) is 9.56. The summed E-state index contributed by atoms with van der Waals surface area (Å²) in [7, 11) is 0. The zero-order valence-corrected chi connectivity index (χ0v) is 11.1. The van der Waals surface area contributed by atoms with E-state index in [4.69, 9.17) is 0 Å². The van der Waals surface area contributed by atoms with Gasteiger partial charge in [0.15, 0.2) is 0 Å². The van der Waals surface area contributed by atoms with Crippen molar-refractivity contribution in [2.75, 3.05) is 13.1 Å². The molecule has 1 fully saturated rings. The van der Waals surface area contributed by atoms with Crippen LogP contribution in [0.5, 0.6) is 0 Å². The first-order valence-corrected chi connectivity index (χ1v) is 6.75. The van der Waals surface area contributed by atoms with Crippen molar-refractivity contribution in [1.29, 1.82) is 0 Å². The molecule has 0 aliphatic carbocycles. The van der Waals surface area contributed by atoms with Crippen LogP contribution in [0, 0.1) is 11.7 Å². The van der Waals surface area contributed by atoms with Gasteiger partial charge in [-0.15, -0.1) is 0 Å². The molecule has 1 aliphatic heterocycles. The predicted molar refractivity (Wildman–Crippen MR) is 68.3 cm³/mol. The van der Waals surface area contributed by atoms with Crippen molar-refractivity contribution >= 4 is 15.9 Å². The Morgan fingerprint density at radius 2 is 2.29 bits per heavy atom. The first kappa shape index (κ1) is 13.0. The van der Waals surface area contributed by atoms with Crippen molar-refractivity contribution in [2.45, 2.75) is 25.4 Å². The molecule has 1 aromatic rings. The van der Waals surface area contributed by atoms with E-state index in [1.54, 1.807) is 12.1 Å². The fourth-order valence-corrected chi connectivity index (χ4v) is 2.67. The Morgan fingerprint density at radius 3 is 2.94 bits per heavy atom. The number of alkyl halides is 1. The molecule has 2 unspecified atom stereocenters. The fraction of sp³-hybridized carbons (Fsp3) is 0.538. The van der Waals surface area contributed by atoms with E-state index in [1.165, 1.54) is 6.07 Å². The van der Waals surface area contributed by atoms with Crippen LogP contribution in [0.1, 0.15) is 18.4 Å². The van der Waals surface area contributed by atoms with E-state index in [0.29, 0.717) is 10.9 Å². The van der Waals surface area contributed by atoms with Crippen molar-refractivity contribution in [3.8, 4) is 0 Å². The van der Waals surface area contributed by atoms with E-state index in [9.17, 15) is 8.78 Å². The van der Waals surface area contributed by atoms with Crippen LogP contribution in [0.15, 0.2) is 22.7 Å². The number of benzene rings is 1. The van der Waals surface area contributed by atoms with Crippen molar-refractivity contribution in [3.63, 3.8) is 0 Å². The lowest BCUT2D eigenvalue weighted by Crippen LogP contribution is -2.35. The van der Waals surface area contributed by atoms with E-state index in [-0.39, 0.29) is 11.7 Å². The summed E-state index contributed by atoms with van der Waals surface area (Å²) in [5, 5.41) is 3.21. The predicted octanol–water partition coefficient (Wildman–Crippen LogP) is 3.47. The van der Waals surface area contributed by atoms with Gasteiger partial charge >= 0.3 is 0 Å². The summed E-state index contributed by atoms with van der Waals surface area (Å²) in [6, 6.07) is 4.70. The average Bonchev–Trinajstić information content (AvgIpc) is 2.35. The molecule has 1 nitrogen and oxygen atoms in total. The van der Waals surface area contributed by atoms with Crippen molar-refractivity contribution in [1.82, 2.24) is 5.32 Å². The Bertz CT molecular complexity index is 378. The van der Waals surface area contributed by atoms with Crippen LogP contribution in [0.4, 0.5) is 8.78 Å². The molecule has 0 radical (unpaired) electrons. The second-order valence-electron chi connectivity index (χ2n) is 4.58. The van der Waals surface area contributed by atoms with Crippen LogP contribution < -0.4 is 5.32 Å². The number of hydrogen-bond acceptors (Lipinski definition) is 1. The van der Waals surface area contributed by atoms with Gasteiger partial charge < -0.3 is 5.32 Å². The normalized spacial score (nSPS) is 22.4. The van der Waals surface area contributed by atoms with Crippen molar-refractivity contribution < 1.29 is 8.78 Å². The summed E-state index contributed by atoms with van der Waals surface area (Å²) < 4.78 is 27.5. The molecule has 1 N–H and O–H groups in total. The number of halogens is 3. The SMILES string of the molecule is Fc1ccc(CC(F)C2CCCNC2)cc1Br. The second kappa shape index (κ2) is 5.91. The van der Waals surface area contributed by atoms with Crippen molar-refractivity contribution in [2.24, 2.45) is 5.92 Å². The first-order valence-electron chi connectivity index (χ1n) is 5.95. The third-order valence-electron chi connectivity index (χ3n) is 3.26. The molecular formula is C13H16BrF2N. The van der Waals surface area contributed by atoms with E-state index in [0.717, 1.165) is 31.5 Å². The standard InChI is InChI=1S/C13H16BrF2N/c14-11-6-9(3-4-12(11)15)7-13(16)10-2-1-5-17-8-10/h3-4,6,10,13,17H,1-2,5,7-8H2. The summed E-state index contributed by atoms with van der Waals surface area (Å²) in [6.07, 6.45) is 1.50. The quantitative estimate of drug-likeness (QED) is 0.901. The molecule has 0 spiro atoms. The first-order chi connectivity index (χ1) is 8.16. The smallest absolute Gasteiger partial charge is 0.137 e. The van der Waals surface area contributed by atoms with Gasteiger partial charge in [0.05, 0.1) is 4.47 Å². The summed E-state index contributed by atoms with van der Waals surface area (Å²) in [6.45, 7) is 1.74. The lowest BCUT2D eigenvalue weighted by Gasteiger charge is -2.25. The van der Waals surface area contributed by atoms with Crippen LogP contribution in [0.2, 0.25) is 0 Å². The number of piperidine rings is 1. The van der Waals surface area contributed by atoms with Gasteiger partial charge in [-0.25, -0.2) is 8.78 Å². The minimum atomic E-state index is -0.847. The van der Waals surface area contributed by atoms with Gasteiger partial charge in [0.25, 0.3) is 0 Å². The average molecular weight is 304 g/mol. The Labute approximate surface area is 109 Å². The van der Waals surface area contributed by atoms with Gasteiger partial charge in [-0.2, -0.15) is 0 Å². The second-order valence-corrected chi connectivity index (χ2v) is 5.43. The lowest BCUT2D eigenvalue weighted by molar-refractivity contribution is 0.191. The van der Waals surface area contributed by atoms with Gasteiger partial charge in [0.1, 0.15) is 12.0 Å². The summed E-state index contributed by atoms with van der Waals surface area (Å²) in [5.74, 6) is -0.212. The molecule has 94 valence electrons. The highest BCUT2D eigenvalue weighted by molar-refractivity contribution is 9.10. The minimum Gasteiger partial charge on any atom is -0.316 e. The van der Waals surface area contributed by atoms with Crippen molar-refractivity contribution in [3.05, 3.63) is 34.1 Å². The molecule has 2 rings (SSSR count). The Hall–Kier alpha value is -0.480. The molecule has 2 atom stereocenters. The molecule has 0 bridgehead atoms. The third-order valence-corrected chi connectivity index (χ3v) is 3.87. The number of hydrogen-bond donors (Lipinski definition) is 1. The molecule has 0 saturated carbocycles. The maximum Gasteiger partial charge on any atom is 0.137 e. The van der Waals surface area contributed by atoms with Gasteiger partial charge in [-0.05, 0) is 53.0 Å². The molecule has 0 amide bonds. The largest absolute Gasteiger partial charge is 0.316 e. The Kier molecular flexibility index (Phi) is 4.51. The maximum atomic E-state index is 14.1. The van der Waals surface area contributed by atoms with E-state index in [1.807, 2.05) is 0 Å². The molecule has 17 heavy (non-hydrogen) atoms. The van der Waals surface area contributed by atoms with Crippen LogP contribution >= 0.6 is 15.9 Å². The molecule has 4 heteroatoms. The summed E-state index contributed by atoms with van der Waals surface area (Å²) >= 11 is 3.12. The molecule has 1 aliphatic rings. The summed E-state index contributed by atoms with van der Waals surface area (Å²) in [5.41, 5.74) is 0.844. The minimum absolute atomic E-state index is 0.0904. The van der Waals surface area contributed by atoms with Gasteiger partial charge in [0, 0.05) is 18.9 Å². The van der Waals surface area contributed by atoms with Crippen LogP contribution in [0.25, 0.3) is 0 Å². The van der Waals surface area contributed by atoms with E-state index < -0.39 is 6.17 Å². The number of rotatable bonds is 3. The topological polar surface area (TPSA) is 12.0 Å². The maximum absolute atomic E-state index is 14.1. The highest BCUT2D eigenvalue weighted by Gasteiger charge is 2.23. The third kappa shape index (κ3) is 3.49.